The monoisotopic (exact) mass is 500 g/mol. The molecule has 37 heavy (non-hydrogen) atoms. The van der Waals surface area contributed by atoms with Crippen LogP contribution in [-0.4, -0.2) is 31.1 Å². The van der Waals surface area contributed by atoms with Crippen LogP contribution in [0.15, 0.2) is 83.7 Å². The molecule has 0 radical (unpaired) electrons. The standard InChI is InChI=1S/C27H21FN4O5/c28-20-11-10-17(12-21-18-8-4-5-9-19(18)25(34)31-30-21)13-23(20)32-24(33)14-22(26(32)35)29-27(36)37-15-16-6-2-1-3-7-16/h1-11,13-14,33,35H,12,15H2,(H,29,36)(H,31,34). The van der Waals surface area contributed by atoms with E-state index in [1.54, 1.807) is 48.5 Å². The van der Waals surface area contributed by atoms with Crippen LogP contribution in [0.1, 0.15) is 16.8 Å². The van der Waals surface area contributed by atoms with Gasteiger partial charge in [-0.3, -0.25) is 10.1 Å². The molecule has 5 rings (SSSR count). The maximum absolute atomic E-state index is 14.8. The summed E-state index contributed by atoms with van der Waals surface area (Å²) in [4.78, 5) is 24.3. The third-order valence-electron chi connectivity index (χ3n) is 5.80. The van der Waals surface area contributed by atoms with Crippen LogP contribution < -0.4 is 10.9 Å². The maximum Gasteiger partial charge on any atom is 0.412 e. The maximum atomic E-state index is 14.8. The van der Waals surface area contributed by atoms with Crippen molar-refractivity contribution in [2.75, 3.05) is 5.32 Å². The molecule has 2 heterocycles. The van der Waals surface area contributed by atoms with Gasteiger partial charge in [0, 0.05) is 17.9 Å². The molecule has 0 saturated carbocycles. The number of halogens is 1. The van der Waals surface area contributed by atoms with Gasteiger partial charge in [0.15, 0.2) is 0 Å². The minimum absolute atomic E-state index is 0.00423. The zero-order valence-corrected chi connectivity index (χ0v) is 19.3. The van der Waals surface area contributed by atoms with Crippen LogP contribution in [0.25, 0.3) is 16.5 Å². The first kappa shape index (κ1) is 23.6. The summed E-state index contributed by atoms with van der Waals surface area (Å²) in [5.74, 6) is -1.81. The Morgan fingerprint density at radius 3 is 2.49 bits per heavy atom. The molecule has 5 aromatic rings. The number of carbonyl (C=O) groups excluding carboxylic acids is 1. The van der Waals surface area contributed by atoms with Gasteiger partial charge >= 0.3 is 6.09 Å². The largest absolute Gasteiger partial charge is 0.494 e. The molecule has 186 valence electrons. The SMILES string of the molecule is O=C(Nc1cc(O)n(-c2cc(Cc3n[nH]c(=O)c4ccccc34)ccc2F)c1O)OCc1ccccc1. The van der Waals surface area contributed by atoms with Gasteiger partial charge in [0.1, 0.15) is 18.1 Å². The van der Waals surface area contributed by atoms with E-state index in [2.05, 4.69) is 15.5 Å². The number of anilines is 1. The second kappa shape index (κ2) is 9.86. The summed E-state index contributed by atoms with van der Waals surface area (Å²) in [6, 6.07) is 21.3. The molecule has 3 aromatic carbocycles. The zero-order chi connectivity index (χ0) is 25.9. The van der Waals surface area contributed by atoms with Crippen molar-refractivity contribution in [1.29, 1.82) is 0 Å². The third kappa shape index (κ3) is 4.85. The molecule has 0 bridgehead atoms. The highest BCUT2D eigenvalue weighted by atomic mass is 19.1. The van der Waals surface area contributed by atoms with Crippen LogP contribution in [0.5, 0.6) is 11.8 Å². The quantitative estimate of drug-likeness (QED) is 0.270. The van der Waals surface area contributed by atoms with Gasteiger partial charge in [-0.1, -0.05) is 54.6 Å². The Kier molecular flexibility index (Phi) is 6.29. The molecule has 1 amide bonds. The lowest BCUT2D eigenvalue weighted by Crippen LogP contribution is -2.13. The Morgan fingerprint density at radius 1 is 0.973 bits per heavy atom. The van der Waals surface area contributed by atoms with Crippen molar-refractivity contribution >= 4 is 22.6 Å². The van der Waals surface area contributed by atoms with E-state index >= 15 is 0 Å². The number of carbonyl (C=O) groups is 1. The number of fused-ring (bicyclic) bond motifs is 1. The summed E-state index contributed by atoms with van der Waals surface area (Å²) in [6.07, 6.45) is -0.619. The fourth-order valence-electron chi connectivity index (χ4n) is 4.02. The number of benzene rings is 3. The predicted molar refractivity (Wildman–Crippen MR) is 134 cm³/mol. The fraction of sp³-hybridized carbons (Fsp3) is 0.0741. The first-order valence-electron chi connectivity index (χ1n) is 11.3. The first-order chi connectivity index (χ1) is 17.9. The Hall–Kier alpha value is -5.12. The molecule has 10 heteroatoms. The Labute approximate surface area is 209 Å². The summed E-state index contributed by atoms with van der Waals surface area (Å²) in [5, 5.41) is 31.2. The lowest BCUT2D eigenvalue weighted by Gasteiger charge is -2.12. The molecule has 0 unspecified atom stereocenters. The van der Waals surface area contributed by atoms with E-state index in [0.717, 1.165) is 16.2 Å². The van der Waals surface area contributed by atoms with E-state index < -0.39 is 23.7 Å². The molecule has 0 saturated heterocycles. The average molecular weight is 500 g/mol. The van der Waals surface area contributed by atoms with Crippen molar-refractivity contribution in [3.05, 3.63) is 112 Å². The summed E-state index contributed by atoms with van der Waals surface area (Å²) >= 11 is 0. The van der Waals surface area contributed by atoms with E-state index in [4.69, 9.17) is 4.74 Å². The molecule has 9 nitrogen and oxygen atoms in total. The third-order valence-corrected chi connectivity index (χ3v) is 5.80. The van der Waals surface area contributed by atoms with E-state index in [1.165, 1.54) is 18.2 Å². The number of aromatic nitrogens is 3. The van der Waals surface area contributed by atoms with E-state index in [1.807, 2.05) is 6.07 Å². The van der Waals surface area contributed by atoms with Crippen LogP contribution in [0.2, 0.25) is 0 Å². The number of aromatic amines is 1. The Bertz CT molecular complexity index is 1660. The van der Waals surface area contributed by atoms with E-state index in [9.17, 15) is 24.2 Å². The summed E-state index contributed by atoms with van der Waals surface area (Å²) in [6.45, 7) is 0.00423. The lowest BCUT2D eigenvalue weighted by molar-refractivity contribution is 0.155. The Morgan fingerprint density at radius 2 is 1.70 bits per heavy atom. The smallest absolute Gasteiger partial charge is 0.412 e. The number of ether oxygens (including phenoxy) is 1. The highest BCUT2D eigenvalue weighted by molar-refractivity contribution is 5.87. The molecular formula is C27H21FN4O5. The van der Waals surface area contributed by atoms with Crippen LogP contribution in [0.4, 0.5) is 14.9 Å². The number of H-pyrrole nitrogens is 1. The molecule has 2 aromatic heterocycles. The number of amides is 1. The number of hydrogen-bond acceptors (Lipinski definition) is 6. The van der Waals surface area contributed by atoms with Crippen molar-refractivity contribution in [1.82, 2.24) is 14.8 Å². The topological polar surface area (TPSA) is 129 Å². The van der Waals surface area contributed by atoms with Crippen LogP contribution in [-0.2, 0) is 17.8 Å². The number of aromatic hydroxyl groups is 2. The average Bonchev–Trinajstić information content (AvgIpc) is 3.18. The van der Waals surface area contributed by atoms with Gasteiger partial charge in [0.05, 0.1) is 16.8 Å². The van der Waals surface area contributed by atoms with E-state index in [0.29, 0.717) is 22.0 Å². The fourth-order valence-corrected chi connectivity index (χ4v) is 4.02. The second-order valence-electron chi connectivity index (χ2n) is 8.27. The van der Waals surface area contributed by atoms with Gasteiger partial charge in [-0.2, -0.15) is 5.10 Å². The molecule has 0 spiro atoms. The molecule has 0 aliphatic rings. The van der Waals surface area contributed by atoms with Gasteiger partial charge in [-0.25, -0.2) is 18.9 Å². The predicted octanol–water partition coefficient (Wildman–Crippen LogP) is 4.60. The van der Waals surface area contributed by atoms with Gasteiger partial charge < -0.3 is 14.9 Å². The van der Waals surface area contributed by atoms with Crippen molar-refractivity contribution in [2.24, 2.45) is 0 Å². The minimum Gasteiger partial charge on any atom is -0.494 e. The molecular weight excluding hydrogens is 479 g/mol. The number of hydrogen-bond donors (Lipinski definition) is 4. The highest BCUT2D eigenvalue weighted by Gasteiger charge is 2.21. The molecule has 4 N–H and O–H groups in total. The number of nitrogens with one attached hydrogen (secondary N) is 2. The molecule has 0 aliphatic heterocycles. The van der Waals surface area contributed by atoms with Crippen molar-refractivity contribution in [3.63, 3.8) is 0 Å². The Balaban J connectivity index is 1.40. The summed E-state index contributed by atoms with van der Waals surface area (Å²) < 4.78 is 20.8. The lowest BCUT2D eigenvalue weighted by atomic mass is 10.0. The van der Waals surface area contributed by atoms with Crippen LogP contribution in [0.3, 0.4) is 0 Å². The van der Waals surface area contributed by atoms with Crippen molar-refractivity contribution in [3.8, 4) is 17.4 Å². The first-order valence-corrected chi connectivity index (χ1v) is 11.3. The zero-order valence-electron chi connectivity index (χ0n) is 19.3. The summed E-state index contributed by atoms with van der Waals surface area (Å²) in [7, 11) is 0. The van der Waals surface area contributed by atoms with E-state index in [-0.39, 0.29) is 30.0 Å². The second-order valence-corrected chi connectivity index (χ2v) is 8.27. The van der Waals surface area contributed by atoms with Crippen molar-refractivity contribution < 1.29 is 24.1 Å². The minimum atomic E-state index is -0.860. The summed E-state index contributed by atoms with van der Waals surface area (Å²) in [5.41, 5.74) is 1.32. The molecule has 0 aliphatic carbocycles. The molecule has 0 atom stereocenters. The highest BCUT2D eigenvalue weighted by Crippen LogP contribution is 2.37. The number of nitrogens with zero attached hydrogens (tertiary/aromatic N) is 2. The number of rotatable bonds is 6. The van der Waals surface area contributed by atoms with Crippen molar-refractivity contribution in [2.45, 2.75) is 13.0 Å². The van der Waals surface area contributed by atoms with Gasteiger partial charge in [0.2, 0.25) is 11.8 Å². The van der Waals surface area contributed by atoms with Gasteiger partial charge in [0.25, 0.3) is 5.56 Å². The molecule has 0 fully saturated rings. The van der Waals surface area contributed by atoms with Crippen LogP contribution >= 0.6 is 0 Å². The normalized spacial score (nSPS) is 10.9. The van der Waals surface area contributed by atoms with Gasteiger partial charge in [-0.05, 0) is 29.3 Å². The van der Waals surface area contributed by atoms with Gasteiger partial charge in [-0.15, -0.1) is 0 Å². The van der Waals surface area contributed by atoms with Crippen LogP contribution in [0, 0.1) is 5.82 Å².